The molecule has 0 saturated heterocycles. The maximum atomic E-state index is 12.9. The first-order valence-electron chi connectivity index (χ1n) is 7.10. The van der Waals surface area contributed by atoms with Crippen LogP contribution in [-0.4, -0.2) is 37.4 Å². The van der Waals surface area contributed by atoms with Gasteiger partial charge in [0.05, 0.1) is 22.4 Å². The molecule has 0 aliphatic heterocycles. The van der Waals surface area contributed by atoms with Crippen LogP contribution in [0.25, 0.3) is 0 Å². The highest BCUT2D eigenvalue weighted by molar-refractivity contribution is 9.10. The predicted molar refractivity (Wildman–Crippen MR) is 84.0 cm³/mol. The van der Waals surface area contributed by atoms with Gasteiger partial charge in [0.1, 0.15) is 12.2 Å². The molecule has 0 saturated carbocycles. The van der Waals surface area contributed by atoms with Gasteiger partial charge in [-0.1, -0.05) is 0 Å². The van der Waals surface area contributed by atoms with Gasteiger partial charge in [0.25, 0.3) is 6.43 Å². The molecule has 0 aromatic carbocycles. The number of aryl methyl sites for hydroxylation is 2. The van der Waals surface area contributed by atoms with Crippen molar-refractivity contribution in [1.29, 1.82) is 0 Å². The third-order valence-corrected chi connectivity index (χ3v) is 4.03. The van der Waals surface area contributed by atoms with E-state index in [-0.39, 0.29) is 24.7 Å². The summed E-state index contributed by atoms with van der Waals surface area (Å²) in [7, 11) is 1.61. The second-order valence-corrected chi connectivity index (χ2v) is 6.05. The average Bonchev–Trinajstić information content (AvgIpc) is 3.02. The Balaban J connectivity index is 2.07. The summed E-state index contributed by atoms with van der Waals surface area (Å²) in [6, 6.07) is 1.29. The van der Waals surface area contributed by atoms with Crippen molar-refractivity contribution in [2.24, 2.45) is 0 Å². The van der Waals surface area contributed by atoms with Crippen LogP contribution >= 0.6 is 15.9 Å². The van der Waals surface area contributed by atoms with E-state index in [0.717, 1.165) is 15.7 Å². The smallest absolute Gasteiger partial charge is 0.280 e. The minimum atomic E-state index is -2.66. The summed E-state index contributed by atoms with van der Waals surface area (Å²) in [5.41, 5.74) is 0.925. The molecule has 23 heavy (non-hydrogen) atoms. The molecule has 0 spiro atoms. The molecular weight excluding hydrogens is 372 g/mol. The Morgan fingerprint density at radius 3 is 2.70 bits per heavy atom. The van der Waals surface area contributed by atoms with Crippen LogP contribution in [0, 0.1) is 6.92 Å². The van der Waals surface area contributed by atoms with Crippen LogP contribution in [0.15, 0.2) is 16.7 Å². The lowest BCUT2D eigenvalue weighted by atomic mass is 10.3. The standard InChI is InChI=1S/C14H18BrF2N5O/c1-4-21-6-10(15)11(19-21)7-20(3)13(23)8-22-12(14(16)17)5-9(2)18-22/h5-6,14H,4,7-8H2,1-3H3. The van der Waals surface area contributed by atoms with E-state index in [1.54, 1.807) is 18.7 Å². The summed E-state index contributed by atoms with van der Waals surface area (Å²) < 4.78 is 29.5. The fraction of sp³-hybridized carbons (Fsp3) is 0.500. The molecule has 2 aromatic rings. The maximum absolute atomic E-state index is 12.9. The van der Waals surface area contributed by atoms with E-state index < -0.39 is 6.43 Å². The molecule has 2 aromatic heterocycles. The van der Waals surface area contributed by atoms with Crippen LogP contribution < -0.4 is 0 Å². The number of likely N-dealkylation sites (N-methyl/N-ethyl adjacent to an activating group) is 1. The summed E-state index contributed by atoms with van der Waals surface area (Å²) in [6.07, 6.45) is -0.830. The van der Waals surface area contributed by atoms with Gasteiger partial charge in [0, 0.05) is 19.8 Å². The van der Waals surface area contributed by atoms with Crippen molar-refractivity contribution in [2.75, 3.05) is 7.05 Å². The van der Waals surface area contributed by atoms with Crippen LogP contribution in [0.4, 0.5) is 8.78 Å². The number of halogens is 3. The first-order valence-corrected chi connectivity index (χ1v) is 7.89. The van der Waals surface area contributed by atoms with E-state index >= 15 is 0 Å². The Morgan fingerprint density at radius 2 is 2.13 bits per heavy atom. The van der Waals surface area contributed by atoms with Crippen molar-refractivity contribution in [3.05, 3.63) is 33.8 Å². The molecule has 0 aliphatic carbocycles. The highest BCUT2D eigenvalue weighted by atomic mass is 79.9. The maximum Gasteiger partial charge on any atom is 0.280 e. The quantitative estimate of drug-likeness (QED) is 0.762. The number of hydrogen-bond donors (Lipinski definition) is 0. The molecule has 2 rings (SSSR count). The Hall–Kier alpha value is -1.77. The van der Waals surface area contributed by atoms with Crippen molar-refractivity contribution in [3.63, 3.8) is 0 Å². The number of aromatic nitrogens is 4. The Kier molecular flexibility index (Phi) is 5.51. The van der Waals surface area contributed by atoms with Crippen molar-refractivity contribution >= 4 is 21.8 Å². The highest BCUT2D eigenvalue weighted by Gasteiger charge is 2.20. The fourth-order valence-corrected chi connectivity index (χ4v) is 2.58. The highest BCUT2D eigenvalue weighted by Crippen LogP contribution is 2.20. The monoisotopic (exact) mass is 389 g/mol. The molecule has 0 atom stereocenters. The number of rotatable bonds is 6. The molecule has 0 fully saturated rings. The van der Waals surface area contributed by atoms with E-state index in [1.807, 2.05) is 13.1 Å². The van der Waals surface area contributed by atoms with Gasteiger partial charge < -0.3 is 4.90 Å². The summed E-state index contributed by atoms with van der Waals surface area (Å²) in [5, 5.41) is 8.30. The van der Waals surface area contributed by atoms with Gasteiger partial charge in [-0.05, 0) is 35.8 Å². The van der Waals surface area contributed by atoms with Gasteiger partial charge in [0.2, 0.25) is 5.91 Å². The van der Waals surface area contributed by atoms with E-state index in [0.29, 0.717) is 11.4 Å². The minimum absolute atomic E-state index is 0.226. The van der Waals surface area contributed by atoms with E-state index in [9.17, 15) is 13.6 Å². The van der Waals surface area contributed by atoms with Crippen LogP contribution in [0.3, 0.4) is 0 Å². The second-order valence-electron chi connectivity index (χ2n) is 5.20. The van der Waals surface area contributed by atoms with Gasteiger partial charge in [-0.25, -0.2) is 8.78 Å². The Morgan fingerprint density at radius 1 is 1.43 bits per heavy atom. The average molecular weight is 390 g/mol. The first kappa shape index (κ1) is 17.6. The number of nitrogens with zero attached hydrogens (tertiary/aromatic N) is 5. The zero-order valence-corrected chi connectivity index (χ0v) is 14.7. The Bertz CT molecular complexity index is 697. The first-order chi connectivity index (χ1) is 10.8. The predicted octanol–water partition coefficient (Wildman–Crippen LogP) is 2.77. The normalized spacial score (nSPS) is 11.3. The van der Waals surface area contributed by atoms with E-state index in [4.69, 9.17) is 0 Å². The molecule has 126 valence electrons. The molecule has 0 bridgehead atoms. The zero-order chi connectivity index (χ0) is 17.1. The molecule has 0 radical (unpaired) electrons. The van der Waals surface area contributed by atoms with Gasteiger partial charge in [0.15, 0.2) is 0 Å². The molecular formula is C14H18BrF2N5O. The topological polar surface area (TPSA) is 56.0 Å². The zero-order valence-electron chi connectivity index (χ0n) is 13.1. The molecule has 0 N–H and O–H groups in total. The Labute approximate surface area is 141 Å². The van der Waals surface area contributed by atoms with Gasteiger partial charge >= 0.3 is 0 Å². The van der Waals surface area contributed by atoms with Crippen molar-refractivity contribution in [1.82, 2.24) is 24.5 Å². The number of carbonyl (C=O) groups excluding carboxylic acids is 1. The fourth-order valence-electron chi connectivity index (χ4n) is 2.14. The summed E-state index contributed by atoms with van der Waals surface area (Å²) in [4.78, 5) is 13.7. The summed E-state index contributed by atoms with van der Waals surface area (Å²) in [5.74, 6) is -0.312. The summed E-state index contributed by atoms with van der Waals surface area (Å²) in [6.45, 7) is 4.36. The lowest BCUT2D eigenvalue weighted by Crippen LogP contribution is -2.31. The van der Waals surface area contributed by atoms with Crippen molar-refractivity contribution < 1.29 is 13.6 Å². The molecule has 0 aliphatic rings. The van der Waals surface area contributed by atoms with Gasteiger partial charge in [-0.3, -0.25) is 14.2 Å². The van der Waals surface area contributed by atoms with Crippen LogP contribution in [0.5, 0.6) is 0 Å². The third-order valence-electron chi connectivity index (χ3n) is 3.37. The molecule has 2 heterocycles. The van der Waals surface area contributed by atoms with Crippen molar-refractivity contribution in [3.8, 4) is 0 Å². The number of alkyl halides is 2. The van der Waals surface area contributed by atoms with Gasteiger partial charge in [-0.2, -0.15) is 10.2 Å². The lowest BCUT2D eigenvalue weighted by Gasteiger charge is -2.17. The molecule has 1 amide bonds. The number of hydrogen-bond acceptors (Lipinski definition) is 3. The van der Waals surface area contributed by atoms with Crippen LogP contribution in [0.1, 0.15) is 30.4 Å². The largest absolute Gasteiger partial charge is 0.338 e. The molecule has 0 unspecified atom stereocenters. The van der Waals surface area contributed by atoms with Crippen LogP contribution in [0.2, 0.25) is 0 Å². The van der Waals surface area contributed by atoms with Gasteiger partial charge in [-0.15, -0.1) is 0 Å². The van der Waals surface area contributed by atoms with E-state index in [1.165, 1.54) is 11.0 Å². The van der Waals surface area contributed by atoms with Crippen LogP contribution in [-0.2, 0) is 24.4 Å². The number of carbonyl (C=O) groups is 1. The minimum Gasteiger partial charge on any atom is -0.338 e. The van der Waals surface area contributed by atoms with Crippen molar-refractivity contribution in [2.45, 2.75) is 39.9 Å². The lowest BCUT2D eigenvalue weighted by molar-refractivity contribution is -0.131. The molecule has 6 nitrogen and oxygen atoms in total. The SMILES string of the molecule is CCn1cc(Br)c(CN(C)C(=O)Cn2nc(C)cc2C(F)F)n1. The van der Waals surface area contributed by atoms with E-state index in [2.05, 4.69) is 26.1 Å². The third kappa shape index (κ3) is 4.15. The summed E-state index contributed by atoms with van der Waals surface area (Å²) >= 11 is 3.40. The molecule has 9 heteroatoms. The second kappa shape index (κ2) is 7.20. The number of amides is 1.